The number of rotatable bonds is 10. The average Bonchev–Trinajstić information content (AvgIpc) is 3.32. The topological polar surface area (TPSA) is 80.2 Å². The number of anilines is 1. The zero-order valence-corrected chi connectivity index (χ0v) is 18.9. The van der Waals surface area contributed by atoms with Gasteiger partial charge in [-0.05, 0) is 42.0 Å². The third-order valence-electron chi connectivity index (χ3n) is 5.46. The summed E-state index contributed by atoms with van der Waals surface area (Å²) >= 11 is 0. The smallest absolute Gasteiger partial charge is 0.256 e. The molecule has 1 heterocycles. The van der Waals surface area contributed by atoms with Crippen LogP contribution in [-0.2, 0) is 9.53 Å². The Morgan fingerprint density at radius 2 is 1.74 bits per heavy atom. The molecule has 0 aliphatic carbocycles. The Bertz CT molecular complexity index is 1130. The highest BCUT2D eigenvalue weighted by Crippen LogP contribution is 2.29. The molecule has 174 valence electrons. The first-order chi connectivity index (χ1) is 16.7. The van der Waals surface area contributed by atoms with E-state index in [2.05, 4.69) is 5.32 Å². The van der Waals surface area contributed by atoms with Crippen LogP contribution in [0.25, 0.3) is 6.08 Å². The van der Waals surface area contributed by atoms with Crippen LogP contribution in [0.1, 0.15) is 24.0 Å². The number of aliphatic hydroxyl groups excluding tert-OH is 1. The van der Waals surface area contributed by atoms with E-state index in [-0.39, 0.29) is 19.1 Å². The molecule has 0 radical (unpaired) electrons. The third-order valence-corrected chi connectivity index (χ3v) is 5.46. The highest BCUT2D eigenvalue weighted by Gasteiger charge is 2.43. The van der Waals surface area contributed by atoms with E-state index in [1.165, 1.54) is 0 Å². The quantitative estimate of drug-likeness (QED) is 0.433. The molecule has 6 nitrogen and oxygen atoms in total. The summed E-state index contributed by atoms with van der Waals surface area (Å²) in [6, 6.07) is 26.7. The largest absolute Gasteiger partial charge is 0.494 e. The van der Waals surface area contributed by atoms with Gasteiger partial charge in [-0.2, -0.15) is 0 Å². The van der Waals surface area contributed by atoms with E-state index in [9.17, 15) is 4.79 Å². The van der Waals surface area contributed by atoms with Crippen LogP contribution in [0.15, 0.2) is 96.0 Å². The molecule has 4 rings (SSSR count). The van der Waals surface area contributed by atoms with E-state index < -0.39 is 5.54 Å². The Labute approximate surface area is 199 Å². The predicted octanol–water partition coefficient (Wildman–Crippen LogP) is 4.71. The summed E-state index contributed by atoms with van der Waals surface area (Å²) in [5.74, 6) is 0.920. The van der Waals surface area contributed by atoms with Gasteiger partial charge in [-0.15, -0.1) is 0 Å². The first-order valence-electron chi connectivity index (χ1n) is 11.3. The Hall–Kier alpha value is -3.90. The van der Waals surface area contributed by atoms with Crippen molar-refractivity contribution in [2.75, 3.05) is 25.1 Å². The van der Waals surface area contributed by atoms with E-state index in [1.54, 1.807) is 0 Å². The fourth-order valence-electron chi connectivity index (χ4n) is 3.58. The average molecular weight is 457 g/mol. The van der Waals surface area contributed by atoms with Crippen LogP contribution in [0.2, 0.25) is 0 Å². The number of amides is 1. The maximum absolute atomic E-state index is 13.4. The van der Waals surface area contributed by atoms with Crippen LogP contribution in [0, 0.1) is 0 Å². The first-order valence-corrected chi connectivity index (χ1v) is 11.3. The summed E-state index contributed by atoms with van der Waals surface area (Å²) in [7, 11) is 0. The minimum Gasteiger partial charge on any atom is -0.494 e. The van der Waals surface area contributed by atoms with E-state index in [0.29, 0.717) is 36.8 Å². The van der Waals surface area contributed by atoms with Gasteiger partial charge in [0.15, 0.2) is 5.54 Å². The summed E-state index contributed by atoms with van der Waals surface area (Å²) in [4.78, 5) is 18.2. The molecular formula is C28H28N2O4. The van der Waals surface area contributed by atoms with E-state index in [1.807, 2.05) is 97.1 Å². The lowest BCUT2D eigenvalue weighted by molar-refractivity contribution is -0.121. The Kier molecular flexibility index (Phi) is 7.73. The molecule has 0 fully saturated rings. The van der Waals surface area contributed by atoms with E-state index in [0.717, 1.165) is 11.1 Å². The van der Waals surface area contributed by atoms with Crippen LogP contribution in [0.3, 0.4) is 0 Å². The van der Waals surface area contributed by atoms with Crippen molar-refractivity contribution in [2.24, 2.45) is 4.99 Å². The number of hydrogen-bond donors (Lipinski definition) is 2. The zero-order valence-electron chi connectivity index (χ0n) is 18.9. The molecule has 1 aliphatic heterocycles. The SMILES string of the molecule is O=C(Nc1ccccc1)[C@@]1(C/C=C/c2ccccc2)COC(c2ccc(OCCCO)cc2)=N1. The van der Waals surface area contributed by atoms with Crippen molar-refractivity contribution < 1.29 is 19.4 Å². The maximum Gasteiger partial charge on any atom is 0.256 e. The minimum atomic E-state index is -1.08. The number of hydrogen-bond acceptors (Lipinski definition) is 5. The summed E-state index contributed by atoms with van der Waals surface area (Å²) in [6.45, 7) is 0.688. The maximum atomic E-state index is 13.4. The molecule has 1 atom stereocenters. The molecule has 0 spiro atoms. The Morgan fingerprint density at radius 1 is 1.03 bits per heavy atom. The minimum absolute atomic E-state index is 0.0918. The third kappa shape index (κ3) is 5.91. The standard InChI is InChI=1S/C28H28N2O4/c31-19-8-20-33-25-16-14-23(15-17-25)26-30-28(21-34-26,18-7-11-22-9-3-1-4-10-22)27(32)29-24-12-5-2-6-13-24/h1-7,9-17,31H,8,18-21H2,(H,29,32)/b11-7+/t28-/m1/s1. The normalized spacial score (nSPS) is 17.3. The van der Waals surface area contributed by atoms with Crippen molar-refractivity contribution in [1.82, 2.24) is 0 Å². The van der Waals surface area contributed by atoms with Crippen molar-refractivity contribution >= 4 is 23.6 Å². The number of carbonyl (C=O) groups is 1. The fourth-order valence-corrected chi connectivity index (χ4v) is 3.58. The molecule has 1 amide bonds. The molecule has 0 bridgehead atoms. The highest BCUT2D eigenvalue weighted by atomic mass is 16.5. The van der Waals surface area contributed by atoms with Crippen LogP contribution >= 0.6 is 0 Å². The van der Waals surface area contributed by atoms with Gasteiger partial charge in [0, 0.05) is 30.7 Å². The van der Waals surface area contributed by atoms with Gasteiger partial charge in [0.25, 0.3) is 5.91 Å². The number of aliphatic imine (C=N–C) groups is 1. The monoisotopic (exact) mass is 456 g/mol. The summed E-state index contributed by atoms with van der Waals surface area (Å²) in [5, 5.41) is 11.9. The van der Waals surface area contributed by atoms with Crippen LogP contribution in [-0.4, -0.2) is 42.3 Å². The van der Waals surface area contributed by atoms with E-state index in [4.69, 9.17) is 19.6 Å². The fraction of sp³-hybridized carbons (Fsp3) is 0.214. The molecule has 0 aromatic heterocycles. The molecule has 34 heavy (non-hydrogen) atoms. The Morgan fingerprint density at radius 3 is 2.44 bits per heavy atom. The number of ether oxygens (including phenoxy) is 2. The van der Waals surface area contributed by atoms with Crippen LogP contribution in [0.4, 0.5) is 5.69 Å². The number of carbonyl (C=O) groups excluding carboxylic acids is 1. The van der Waals surface area contributed by atoms with Crippen molar-refractivity contribution in [1.29, 1.82) is 0 Å². The van der Waals surface area contributed by atoms with Gasteiger partial charge in [-0.3, -0.25) is 4.79 Å². The molecule has 3 aromatic carbocycles. The lowest BCUT2D eigenvalue weighted by Gasteiger charge is -2.21. The first kappa shape index (κ1) is 23.3. The van der Waals surface area contributed by atoms with Crippen LogP contribution in [0.5, 0.6) is 5.75 Å². The van der Waals surface area contributed by atoms with Gasteiger partial charge in [-0.25, -0.2) is 4.99 Å². The number of nitrogens with zero attached hydrogens (tertiary/aromatic N) is 1. The van der Waals surface area contributed by atoms with Crippen LogP contribution < -0.4 is 10.1 Å². The second-order valence-electron chi connectivity index (χ2n) is 8.02. The van der Waals surface area contributed by atoms with Gasteiger partial charge in [0.1, 0.15) is 12.4 Å². The number of benzene rings is 3. The van der Waals surface area contributed by atoms with Crippen molar-refractivity contribution in [3.8, 4) is 5.75 Å². The molecule has 0 saturated carbocycles. The van der Waals surface area contributed by atoms with Gasteiger partial charge in [-0.1, -0.05) is 60.7 Å². The van der Waals surface area contributed by atoms with Crippen molar-refractivity contribution in [3.05, 3.63) is 102 Å². The molecule has 0 saturated heterocycles. The summed E-state index contributed by atoms with van der Waals surface area (Å²) in [6.07, 6.45) is 4.93. The number of nitrogens with one attached hydrogen (secondary N) is 1. The Balaban J connectivity index is 1.55. The summed E-state index contributed by atoms with van der Waals surface area (Å²) < 4.78 is 11.5. The molecule has 2 N–H and O–H groups in total. The second-order valence-corrected chi connectivity index (χ2v) is 8.02. The van der Waals surface area contributed by atoms with Crippen molar-refractivity contribution in [3.63, 3.8) is 0 Å². The second kappa shape index (κ2) is 11.3. The predicted molar refractivity (Wildman–Crippen MR) is 134 cm³/mol. The summed E-state index contributed by atoms with van der Waals surface area (Å²) in [5.41, 5.74) is 1.47. The van der Waals surface area contributed by atoms with Crippen molar-refractivity contribution in [2.45, 2.75) is 18.4 Å². The zero-order chi connectivity index (χ0) is 23.6. The van der Waals surface area contributed by atoms with Gasteiger partial charge in [0.05, 0.1) is 6.61 Å². The van der Waals surface area contributed by atoms with Gasteiger partial charge in [0.2, 0.25) is 5.90 Å². The van der Waals surface area contributed by atoms with Gasteiger partial charge >= 0.3 is 0 Å². The van der Waals surface area contributed by atoms with Gasteiger partial charge < -0.3 is 19.9 Å². The molecule has 3 aromatic rings. The lowest BCUT2D eigenvalue weighted by Crippen LogP contribution is -2.42. The number of para-hydroxylation sites is 1. The molecule has 1 aliphatic rings. The number of aliphatic hydroxyl groups is 1. The highest BCUT2D eigenvalue weighted by molar-refractivity contribution is 6.04. The molecule has 6 heteroatoms. The molecular weight excluding hydrogens is 428 g/mol. The lowest BCUT2D eigenvalue weighted by atomic mass is 9.95. The molecule has 0 unspecified atom stereocenters. The van der Waals surface area contributed by atoms with E-state index >= 15 is 0 Å².